The molecule has 1 N–H and O–H groups in total. The van der Waals surface area contributed by atoms with Crippen molar-refractivity contribution in [1.82, 2.24) is 24.8 Å². The van der Waals surface area contributed by atoms with E-state index in [1.54, 1.807) is 29.8 Å². The lowest BCUT2D eigenvalue weighted by atomic mass is 10.1. The fourth-order valence-corrected chi connectivity index (χ4v) is 4.88. The normalized spacial score (nSPS) is 14.5. The summed E-state index contributed by atoms with van der Waals surface area (Å²) in [6.07, 6.45) is 2.48. The number of hydrogen-bond acceptors (Lipinski definition) is 7. The second kappa shape index (κ2) is 9.05. The second-order valence-corrected chi connectivity index (χ2v) is 8.77. The van der Waals surface area contributed by atoms with Gasteiger partial charge in [-0.2, -0.15) is 0 Å². The Kier molecular flexibility index (Phi) is 5.80. The number of aromatic nitrogens is 3. The third kappa shape index (κ3) is 4.33. The summed E-state index contributed by atoms with van der Waals surface area (Å²) in [6, 6.07) is 12.9. The predicted octanol–water partition coefficient (Wildman–Crippen LogP) is 2.82. The van der Waals surface area contributed by atoms with E-state index in [2.05, 4.69) is 19.9 Å². The van der Waals surface area contributed by atoms with Gasteiger partial charge in [-0.1, -0.05) is 24.3 Å². The molecule has 0 unspecified atom stereocenters. The van der Waals surface area contributed by atoms with Gasteiger partial charge >= 0.3 is 0 Å². The van der Waals surface area contributed by atoms with Gasteiger partial charge in [0.05, 0.1) is 5.56 Å². The zero-order chi connectivity index (χ0) is 22.8. The van der Waals surface area contributed by atoms with Gasteiger partial charge in [0.15, 0.2) is 5.82 Å². The van der Waals surface area contributed by atoms with Crippen molar-refractivity contribution in [3.63, 3.8) is 0 Å². The van der Waals surface area contributed by atoms with Crippen molar-refractivity contribution in [3.05, 3.63) is 81.1 Å². The molecule has 1 aliphatic heterocycles. The van der Waals surface area contributed by atoms with Crippen LogP contribution < -0.4 is 5.56 Å². The van der Waals surface area contributed by atoms with Crippen LogP contribution in [0.5, 0.6) is 0 Å². The van der Waals surface area contributed by atoms with Crippen molar-refractivity contribution in [2.24, 2.45) is 0 Å². The predicted molar refractivity (Wildman–Crippen MR) is 126 cm³/mol. The number of fused-ring (bicyclic) bond motifs is 1. The highest BCUT2D eigenvalue weighted by molar-refractivity contribution is 7.17. The third-order valence-corrected chi connectivity index (χ3v) is 6.69. The van der Waals surface area contributed by atoms with Crippen LogP contribution >= 0.6 is 11.3 Å². The minimum absolute atomic E-state index is 0.117. The maximum atomic E-state index is 13.3. The Hall–Kier alpha value is -3.69. The first-order valence-electron chi connectivity index (χ1n) is 10.6. The average molecular weight is 460 g/mol. The first-order chi connectivity index (χ1) is 16.1. The number of nitrogens with one attached hydrogen (secondary N) is 1. The Balaban J connectivity index is 1.33. The van der Waals surface area contributed by atoms with Crippen LogP contribution in [0.4, 0.5) is 0 Å². The number of thiophene rings is 1. The van der Waals surface area contributed by atoms with Gasteiger partial charge in [0.25, 0.3) is 11.5 Å². The molecule has 1 aliphatic rings. The average Bonchev–Trinajstić information content (AvgIpc) is 3.29. The molecule has 0 aliphatic carbocycles. The van der Waals surface area contributed by atoms with E-state index in [1.165, 1.54) is 11.3 Å². The number of rotatable bonds is 5. The van der Waals surface area contributed by atoms with E-state index in [-0.39, 0.29) is 11.5 Å². The molecule has 4 heterocycles. The Bertz CT molecular complexity index is 1370. The topological polar surface area (TPSA) is 99.3 Å². The van der Waals surface area contributed by atoms with Crippen molar-refractivity contribution in [1.29, 1.82) is 0 Å². The zero-order valence-corrected chi connectivity index (χ0v) is 18.5. The summed E-state index contributed by atoms with van der Waals surface area (Å²) in [5.74, 6) is 0.233. The number of benzene rings is 1. The molecule has 0 bridgehead atoms. The summed E-state index contributed by atoms with van der Waals surface area (Å²) < 4.78 is 0.437. The number of nitrogens with zero attached hydrogens (tertiary/aromatic N) is 4. The van der Waals surface area contributed by atoms with Gasteiger partial charge in [0.1, 0.15) is 22.2 Å². The minimum atomic E-state index is -0.271. The van der Waals surface area contributed by atoms with Crippen molar-refractivity contribution < 1.29 is 9.59 Å². The van der Waals surface area contributed by atoms with Crippen LogP contribution in [-0.2, 0) is 6.54 Å². The van der Waals surface area contributed by atoms with Gasteiger partial charge in [-0.05, 0) is 23.8 Å². The fourth-order valence-electron chi connectivity index (χ4n) is 4.01. The van der Waals surface area contributed by atoms with E-state index in [9.17, 15) is 14.4 Å². The first-order valence-corrected chi connectivity index (χ1v) is 11.5. The molecule has 33 heavy (non-hydrogen) atoms. The Labute approximate surface area is 193 Å². The van der Waals surface area contributed by atoms with Crippen LogP contribution in [0.1, 0.15) is 26.3 Å². The first kappa shape index (κ1) is 21.2. The zero-order valence-electron chi connectivity index (χ0n) is 17.7. The largest absolute Gasteiger partial charge is 0.336 e. The smallest absolute Gasteiger partial charge is 0.269 e. The fraction of sp³-hybridized carbons (Fsp3) is 0.208. The summed E-state index contributed by atoms with van der Waals surface area (Å²) in [7, 11) is 0. The van der Waals surface area contributed by atoms with Gasteiger partial charge in [-0.25, -0.2) is 4.98 Å². The Morgan fingerprint density at radius 1 is 1.12 bits per heavy atom. The number of H-pyrrole nitrogens is 1. The number of amides is 1. The molecule has 0 radical (unpaired) electrons. The van der Waals surface area contributed by atoms with Crippen molar-refractivity contribution in [2.75, 3.05) is 26.2 Å². The highest BCUT2D eigenvalue weighted by Gasteiger charge is 2.25. The summed E-state index contributed by atoms with van der Waals surface area (Å²) in [6.45, 7) is 3.35. The Morgan fingerprint density at radius 3 is 2.73 bits per heavy atom. The molecule has 4 aromatic rings. The van der Waals surface area contributed by atoms with Crippen LogP contribution in [0, 0.1) is 0 Å². The number of carbonyl (C=O) groups is 2. The molecule has 5 rings (SSSR count). The third-order valence-electron chi connectivity index (χ3n) is 5.72. The van der Waals surface area contributed by atoms with Crippen LogP contribution in [0.25, 0.3) is 21.7 Å². The van der Waals surface area contributed by atoms with Crippen LogP contribution in [0.15, 0.2) is 58.8 Å². The molecule has 0 spiro atoms. The maximum Gasteiger partial charge on any atom is 0.269 e. The van der Waals surface area contributed by atoms with Gasteiger partial charge < -0.3 is 9.88 Å². The molecule has 0 atom stereocenters. The lowest BCUT2D eigenvalue weighted by Gasteiger charge is -2.34. The van der Waals surface area contributed by atoms with Crippen LogP contribution in [0.2, 0.25) is 0 Å². The lowest BCUT2D eigenvalue weighted by molar-refractivity contribution is 0.0630. The highest BCUT2D eigenvalue weighted by Crippen LogP contribution is 2.25. The number of pyridine rings is 1. The molecule has 9 heteroatoms. The Morgan fingerprint density at radius 2 is 1.97 bits per heavy atom. The summed E-state index contributed by atoms with van der Waals surface area (Å²) in [5, 5.41) is 1.72. The number of carbonyl (C=O) groups excluding carboxylic acids is 2. The SMILES string of the molecule is O=Cc1cccc(CN2CCN(C(=O)c3csc4c(=O)[nH]c(-c5ccccn5)nc34)CC2)c1. The van der Waals surface area contributed by atoms with Gasteiger partial charge in [-0.3, -0.25) is 24.3 Å². The quantitative estimate of drug-likeness (QED) is 0.461. The summed E-state index contributed by atoms with van der Waals surface area (Å²) in [5.41, 5.74) is 2.89. The lowest BCUT2D eigenvalue weighted by Crippen LogP contribution is -2.48. The van der Waals surface area contributed by atoms with Gasteiger partial charge in [-0.15, -0.1) is 11.3 Å². The standard InChI is InChI=1S/C24H21N5O3S/c30-14-17-5-3-4-16(12-17)13-28-8-10-29(11-9-28)24(32)18-15-33-21-20(18)26-22(27-23(21)31)19-6-1-2-7-25-19/h1-7,12,14-15H,8-11,13H2,(H,26,27,31). The molecule has 3 aromatic heterocycles. The molecular weight excluding hydrogens is 438 g/mol. The minimum Gasteiger partial charge on any atom is -0.336 e. The summed E-state index contributed by atoms with van der Waals surface area (Å²) in [4.78, 5) is 52.5. The molecule has 166 valence electrons. The van der Waals surface area contributed by atoms with E-state index in [1.807, 2.05) is 29.2 Å². The van der Waals surface area contributed by atoms with E-state index in [0.29, 0.717) is 46.0 Å². The summed E-state index contributed by atoms with van der Waals surface area (Å²) >= 11 is 1.23. The molecule has 1 fully saturated rings. The number of hydrogen-bond donors (Lipinski definition) is 1. The van der Waals surface area contributed by atoms with E-state index in [4.69, 9.17) is 0 Å². The van der Waals surface area contributed by atoms with E-state index >= 15 is 0 Å². The van der Waals surface area contributed by atoms with Gasteiger partial charge in [0, 0.05) is 49.9 Å². The second-order valence-electron chi connectivity index (χ2n) is 7.89. The van der Waals surface area contributed by atoms with E-state index < -0.39 is 0 Å². The molecule has 0 saturated carbocycles. The molecule has 8 nitrogen and oxygen atoms in total. The molecular formula is C24H21N5O3S. The number of piperazine rings is 1. The molecule has 1 amide bonds. The molecule has 1 saturated heterocycles. The monoisotopic (exact) mass is 459 g/mol. The molecule has 1 aromatic carbocycles. The van der Waals surface area contributed by atoms with Crippen LogP contribution in [-0.4, -0.2) is 63.1 Å². The van der Waals surface area contributed by atoms with Crippen LogP contribution in [0.3, 0.4) is 0 Å². The number of aromatic amines is 1. The maximum absolute atomic E-state index is 13.3. The van der Waals surface area contributed by atoms with E-state index in [0.717, 1.165) is 31.5 Å². The van der Waals surface area contributed by atoms with Crippen molar-refractivity contribution in [3.8, 4) is 11.5 Å². The van der Waals surface area contributed by atoms with Gasteiger partial charge in [0.2, 0.25) is 0 Å². The number of aldehydes is 1. The van der Waals surface area contributed by atoms with Crippen molar-refractivity contribution in [2.45, 2.75) is 6.54 Å². The highest BCUT2D eigenvalue weighted by atomic mass is 32.1. The van der Waals surface area contributed by atoms with Crippen molar-refractivity contribution >= 4 is 33.7 Å².